The van der Waals surface area contributed by atoms with E-state index in [1.807, 2.05) is 13.8 Å². The molecule has 0 aromatic carbocycles. The third-order valence-corrected chi connectivity index (χ3v) is 3.45. The van der Waals surface area contributed by atoms with Gasteiger partial charge in [-0.15, -0.1) is 0 Å². The SMILES string of the molecule is CC1(C)CN(C(=O)C2CCCCO2)CC(CO)O1. The minimum Gasteiger partial charge on any atom is -0.394 e. The maximum absolute atomic E-state index is 12.4. The highest BCUT2D eigenvalue weighted by molar-refractivity contribution is 5.81. The zero-order chi connectivity index (χ0) is 13.2. The fourth-order valence-corrected chi connectivity index (χ4v) is 2.70. The van der Waals surface area contributed by atoms with Gasteiger partial charge >= 0.3 is 0 Å². The number of hydrogen-bond donors (Lipinski definition) is 1. The van der Waals surface area contributed by atoms with Crippen molar-refractivity contribution in [1.82, 2.24) is 4.90 Å². The highest BCUT2D eigenvalue weighted by Crippen LogP contribution is 2.23. The van der Waals surface area contributed by atoms with Crippen LogP contribution in [0.2, 0.25) is 0 Å². The Bertz CT molecular complexity index is 299. The number of morpholine rings is 1. The fourth-order valence-electron chi connectivity index (χ4n) is 2.70. The molecule has 0 aliphatic carbocycles. The summed E-state index contributed by atoms with van der Waals surface area (Å²) in [4.78, 5) is 14.1. The van der Waals surface area contributed by atoms with Crippen LogP contribution < -0.4 is 0 Å². The first-order valence-electron chi connectivity index (χ1n) is 6.71. The summed E-state index contributed by atoms with van der Waals surface area (Å²) in [6, 6.07) is 0. The molecule has 0 radical (unpaired) electrons. The number of nitrogens with zero attached hydrogens (tertiary/aromatic N) is 1. The molecule has 5 nitrogen and oxygen atoms in total. The molecule has 2 saturated heterocycles. The number of rotatable bonds is 2. The molecule has 2 rings (SSSR count). The Labute approximate surface area is 108 Å². The fraction of sp³-hybridized carbons (Fsp3) is 0.923. The number of carbonyl (C=O) groups excluding carboxylic acids is 1. The van der Waals surface area contributed by atoms with Crippen LogP contribution in [0.15, 0.2) is 0 Å². The minimum atomic E-state index is -0.407. The average molecular weight is 257 g/mol. The van der Waals surface area contributed by atoms with Crippen molar-refractivity contribution in [3.8, 4) is 0 Å². The highest BCUT2D eigenvalue weighted by Gasteiger charge is 2.38. The number of aliphatic hydroxyl groups is 1. The topological polar surface area (TPSA) is 59.0 Å². The van der Waals surface area contributed by atoms with Crippen molar-refractivity contribution in [2.75, 3.05) is 26.3 Å². The molecular weight excluding hydrogens is 234 g/mol. The Morgan fingerprint density at radius 1 is 1.44 bits per heavy atom. The van der Waals surface area contributed by atoms with Crippen LogP contribution in [0.4, 0.5) is 0 Å². The van der Waals surface area contributed by atoms with E-state index in [-0.39, 0.29) is 24.7 Å². The van der Waals surface area contributed by atoms with E-state index in [1.165, 1.54) is 0 Å². The second-order valence-corrected chi connectivity index (χ2v) is 5.76. The second-order valence-electron chi connectivity index (χ2n) is 5.76. The molecule has 0 aromatic rings. The van der Waals surface area contributed by atoms with Gasteiger partial charge in [0.25, 0.3) is 5.91 Å². The lowest BCUT2D eigenvalue weighted by Crippen LogP contribution is -2.57. The molecule has 104 valence electrons. The van der Waals surface area contributed by atoms with Crippen molar-refractivity contribution >= 4 is 5.91 Å². The number of ether oxygens (including phenoxy) is 2. The molecule has 0 bridgehead atoms. The van der Waals surface area contributed by atoms with Crippen molar-refractivity contribution in [3.63, 3.8) is 0 Å². The Balaban J connectivity index is 1.99. The van der Waals surface area contributed by atoms with Gasteiger partial charge in [-0.1, -0.05) is 0 Å². The predicted molar refractivity (Wildman–Crippen MR) is 66.2 cm³/mol. The molecule has 5 heteroatoms. The summed E-state index contributed by atoms with van der Waals surface area (Å²) in [6.07, 6.45) is 2.30. The Hall–Kier alpha value is -0.650. The molecule has 1 N–H and O–H groups in total. The first-order valence-corrected chi connectivity index (χ1v) is 6.71. The van der Waals surface area contributed by atoms with E-state index in [2.05, 4.69) is 0 Å². The number of carbonyl (C=O) groups is 1. The van der Waals surface area contributed by atoms with E-state index in [0.717, 1.165) is 19.3 Å². The normalized spacial score (nSPS) is 32.3. The molecule has 2 heterocycles. The quantitative estimate of drug-likeness (QED) is 0.785. The van der Waals surface area contributed by atoms with Gasteiger partial charge in [-0.25, -0.2) is 0 Å². The summed E-state index contributed by atoms with van der Waals surface area (Å²) < 4.78 is 11.2. The van der Waals surface area contributed by atoms with Gasteiger partial charge in [0.05, 0.1) is 18.3 Å². The van der Waals surface area contributed by atoms with Crippen LogP contribution in [0.25, 0.3) is 0 Å². The van der Waals surface area contributed by atoms with Crippen molar-refractivity contribution in [2.45, 2.75) is 50.9 Å². The first-order chi connectivity index (χ1) is 8.52. The van der Waals surface area contributed by atoms with Gasteiger partial charge in [0.1, 0.15) is 6.10 Å². The number of aliphatic hydroxyl groups excluding tert-OH is 1. The first kappa shape index (κ1) is 13.8. The molecule has 2 unspecified atom stereocenters. The van der Waals surface area contributed by atoms with Crippen LogP contribution in [-0.4, -0.2) is 60.0 Å². The molecule has 0 spiro atoms. The summed E-state index contributed by atoms with van der Waals surface area (Å²) in [7, 11) is 0. The van der Waals surface area contributed by atoms with Crippen molar-refractivity contribution in [3.05, 3.63) is 0 Å². The van der Waals surface area contributed by atoms with Gasteiger partial charge < -0.3 is 19.5 Å². The third-order valence-electron chi connectivity index (χ3n) is 3.45. The molecule has 0 saturated carbocycles. The highest BCUT2D eigenvalue weighted by atomic mass is 16.5. The molecule has 0 aromatic heterocycles. The Morgan fingerprint density at radius 3 is 2.83 bits per heavy atom. The van der Waals surface area contributed by atoms with E-state index < -0.39 is 5.60 Å². The van der Waals surface area contributed by atoms with Gasteiger partial charge in [-0.2, -0.15) is 0 Å². The zero-order valence-corrected chi connectivity index (χ0v) is 11.2. The van der Waals surface area contributed by atoms with Crippen LogP contribution in [0.3, 0.4) is 0 Å². The average Bonchev–Trinajstić information content (AvgIpc) is 2.37. The monoisotopic (exact) mass is 257 g/mol. The van der Waals surface area contributed by atoms with Gasteiger partial charge in [0, 0.05) is 19.7 Å². The molecule has 2 aliphatic heterocycles. The minimum absolute atomic E-state index is 0.0459. The molecule has 18 heavy (non-hydrogen) atoms. The second kappa shape index (κ2) is 5.55. The van der Waals surface area contributed by atoms with Crippen LogP contribution in [0, 0.1) is 0 Å². The summed E-state index contributed by atoms with van der Waals surface area (Å²) in [5, 5.41) is 9.24. The van der Waals surface area contributed by atoms with Crippen molar-refractivity contribution < 1.29 is 19.4 Å². The summed E-state index contributed by atoms with van der Waals surface area (Å²) >= 11 is 0. The van der Waals surface area contributed by atoms with Gasteiger partial charge in [0.2, 0.25) is 0 Å². The van der Waals surface area contributed by atoms with Gasteiger partial charge in [-0.05, 0) is 33.1 Å². The molecule has 2 aliphatic rings. The van der Waals surface area contributed by atoms with Gasteiger partial charge in [0.15, 0.2) is 0 Å². The lowest BCUT2D eigenvalue weighted by Gasteiger charge is -2.43. The van der Waals surface area contributed by atoms with E-state index in [4.69, 9.17) is 9.47 Å². The third kappa shape index (κ3) is 3.22. The van der Waals surface area contributed by atoms with E-state index in [9.17, 15) is 9.90 Å². The Morgan fingerprint density at radius 2 is 2.22 bits per heavy atom. The number of hydrogen-bond acceptors (Lipinski definition) is 4. The summed E-state index contributed by atoms with van der Waals surface area (Å²) in [6.45, 7) is 5.51. The number of amides is 1. The van der Waals surface area contributed by atoms with Crippen molar-refractivity contribution in [1.29, 1.82) is 0 Å². The van der Waals surface area contributed by atoms with E-state index in [0.29, 0.717) is 19.7 Å². The van der Waals surface area contributed by atoms with E-state index in [1.54, 1.807) is 4.90 Å². The Kier molecular flexibility index (Phi) is 4.25. The molecular formula is C13H23NO4. The van der Waals surface area contributed by atoms with Crippen molar-refractivity contribution in [2.24, 2.45) is 0 Å². The smallest absolute Gasteiger partial charge is 0.251 e. The standard InChI is InChI=1S/C13H23NO4/c1-13(2)9-14(7-10(8-15)18-13)12(16)11-5-3-4-6-17-11/h10-11,15H,3-9H2,1-2H3. The lowest BCUT2D eigenvalue weighted by molar-refractivity contribution is -0.176. The maximum atomic E-state index is 12.4. The van der Waals surface area contributed by atoms with Crippen LogP contribution in [0.1, 0.15) is 33.1 Å². The van der Waals surface area contributed by atoms with E-state index >= 15 is 0 Å². The maximum Gasteiger partial charge on any atom is 0.251 e. The molecule has 2 fully saturated rings. The van der Waals surface area contributed by atoms with Crippen LogP contribution in [0.5, 0.6) is 0 Å². The van der Waals surface area contributed by atoms with Crippen LogP contribution >= 0.6 is 0 Å². The molecule has 1 amide bonds. The largest absolute Gasteiger partial charge is 0.394 e. The van der Waals surface area contributed by atoms with Crippen LogP contribution in [-0.2, 0) is 14.3 Å². The predicted octanol–water partition coefficient (Wildman–Crippen LogP) is 0.554. The summed E-state index contributed by atoms with van der Waals surface area (Å²) in [5.41, 5.74) is -0.407. The zero-order valence-electron chi connectivity index (χ0n) is 11.2. The summed E-state index contributed by atoms with van der Waals surface area (Å²) in [5.74, 6) is 0.0459. The lowest BCUT2D eigenvalue weighted by atomic mass is 10.0. The molecule has 2 atom stereocenters. The van der Waals surface area contributed by atoms with Gasteiger partial charge in [-0.3, -0.25) is 4.79 Å².